The fourth-order valence-electron chi connectivity index (χ4n) is 6.11. The minimum Gasteiger partial charge on any atom is -0.317 e. The van der Waals surface area contributed by atoms with E-state index in [9.17, 15) is 0 Å². The summed E-state index contributed by atoms with van der Waals surface area (Å²) in [5, 5.41) is 3.52. The maximum absolute atomic E-state index is 3.52. The van der Waals surface area contributed by atoms with Crippen LogP contribution < -0.4 is 5.32 Å². The minimum atomic E-state index is 0.949. The van der Waals surface area contributed by atoms with Crippen molar-refractivity contribution in [3.63, 3.8) is 0 Å². The Bertz CT molecular complexity index is 392. The number of allylic oxidation sites excluding steroid dienone is 2. The highest BCUT2D eigenvalue weighted by molar-refractivity contribution is 4.88. The van der Waals surface area contributed by atoms with Crippen LogP contribution in [-0.4, -0.2) is 13.1 Å². The molecule has 1 aliphatic heterocycles. The summed E-state index contributed by atoms with van der Waals surface area (Å²) in [5.74, 6) is 6.32. The van der Waals surface area contributed by atoms with Gasteiger partial charge in [0.2, 0.25) is 0 Å². The van der Waals surface area contributed by atoms with Crippen LogP contribution in [0.2, 0.25) is 0 Å². The summed E-state index contributed by atoms with van der Waals surface area (Å²) in [5.41, 5.74) is 0. The molecule has 0 bridgehead atoms. The maximum atomic E-state index is 3.52. The summed E-state index contributed by atoms with van der Waals surface area (Å²) in [4.78, 5) is 0. The number of rotatable bonds is 2. The molecule has 0 amide bonds. The van der Waals surface area contributed by atoms with Crippen LogP contribution in [0.3, 0.4) is 0 Å². The monoisotopic (exact) mass is 359 g/mol. The third kappa shape index (κ3) is 6.39. The standard InChI is InChI=1S/C18H33N.C7H12/c1-14-2-4-15(5-3-14)16-6-8-17(9-7-16)18-10-12-19-13-11-18;1-7-5-3-2-4-6-7/h14-19H,2-13H2,1H3;2-3,7H,4-6H2,1H3. The molecular weight excluding hydrogens is 314 g/mol. The lowest BCUT2D eigenvalue weighted by Crippen LogP contribution is -2.34. The molecule has 1 unspecified atom stereocenters. The van der Waals surface area contributed by atoms with Crippen molar-refractivity contribution < 1.29 is 0 Å². The van der Waals surface area contributed by atoms with Crippen molar-refractivity contribution in [1.29, 1.82) is 0 Å². The zero-order valence-electron chi connectivity index (χ0n) is 17.7. The molecular formula is C25H45N. The molecule has 0 aromatic rings. The SMILES string of the molecule is CC1CC=CCC1.CC1CCC(C2CCC(C3CCNCC3)CC2)CC1. The number of hydrogen-bond donors (Lipinski definition) is 1. The molecule has 4 rings (SSSR count). The molecule has 0 radical (unpaired) electrons. The van der Waals surface area contributed by atoms with E-state index in [2.05, 4.69) is 31.3 Å². The molecule has 2 saturated carbocycles. The zero-order valence-corrected chi connectivity index (χ0v) is 17.7. The molecule has 1 N–H and O–H groups in total. The Morgan fingerprint density at radius 3 is 1.46 bits per heavy atom. The minimum absolute atomic E-state index is 0.949. The molecule has 1 heteroatoms. The molecule has 0 aromatic heterocycles. The van der Waals surface area contributed by atoms with Crippen molar-refractivity contribution >= 4 is 0 Å². The highest BCUT2D eigenvalue weighted by Crippen LogP contribution is 2.43. The zero-order chi connectivity index (χ0) is 18.2. The first-order valence-corrected chi connectivity index (χ1v) is 12.1. The Morgan fingerprint density at radius 1 is 0.538 bits per heavy atom. The first kappa shape index (κ1) is 20.4. The van der Waals surface area contributed by atoms with E-state index in [0.29, 0.717) is 0 Å². The summed E-state index contributed by atoms with van der Waals surface area (Å²) in [6.45, 7) is 7.32. The molecule has 0 aromatic carbocycles. The molecule has 3 fully saturated rings. The fraction of sp³-hybridized carbons (Fsp3) is 0.920. The van der Waals surface area contributed by atoms with Gasteiger partial charge in [0.15, 0.2) is 0 Å². The van der Waals surface area contributed by atoms with Gasteiger partial charge >= 0.3 is 0 Å². The smallest absolute Gasteiger partial charge is 0.00462 e. The van der Waals surface area contributed by atoms with E-state index in [4.69, 9.17) is 0 Å². The average Bonchev–Trinajstić information content (AvgIpc) is 2.71. The highest BCUT2D eigenvalue weighted by atomic mass is 14.9. The lowest BCUT2D eigenvalue weighted by atomic mass is 9.66. The van der Waals surface area contributed by atoms with Crippen molar-refractivity contribution in [2.24, 2.45) is 35.5 Å². The van der Waals surface area contributed by atoms with E-state index >= 15 is 0 Å². The van der Waals surface area contributed by atoms with E-state index in [1.165, 1.54) is 58.0 Å². The quantitative estimate of drug-likeness (QED) is 0.524. The van der Waals surface area contributed by atoms with E-state index < -0.39 is 0 Å². The van der Waals surface area contributed by atoms with Crippen molar-refractivity contribution in [3.8, 4) is 0 Å². The van der Waals surface area contributed by atoms with Crippen molar-refractivity contribution in [3.05, 3.63) is 12.2 Å². The van der Waals surface area contributed by atoms with Gasteiger partial charge in [0, 0.05) is 0 Å². The van der Waals surface area contributed by atoms with Crippen LogP contribution in [0.4, 0.5) is 0 Å². The second kappa shape index (κ2) is 10.9. The van der Waals surface area contributed by atoms with Gasteiger partial charge in [-0.1, -0.05) is 38.8 Å². The summed E-state index contributed by atoms with van der Waals surface area (Å²) in [7, 11) is 0. The summed E-state index contributed by atoms with van der Waals surface area (Å²) in [6, 6.07) is 0. The third-order valence-electron chi connectivity index (χ3n) is 8.13. The molecule has 1 saturated heterocycles. The van der Waals surface area contributed by atoms with Gasteiger partial charge in [-0.25, -0.2) is 0 Å². The molecule has 1 atom stereocenters. The van der Waals surface area contributed by atoms with Crippen LogP contribution in [0.5, 0.6) is 0 Å². The Labute approximate surface area is 163 Å². The van der Waals surface area contributed by atoms with Crippen molar-refractivity contribution in [2.45, 2.75) is 97.3 Å². The largest absolute Gasteiger partial charge is 0.317 e. The van der Waals surface area contributed by atoms with Crippen LogP contribution in [-0.2, 0) is 0 Å². The van der Waals surface area contributed by atoms with E-state index in [-0.39, 0.29) is 0 Å². The molecule has 26 heavy (non-hydrogen) atoms. The number of hydrogen-bond acceptors (Lipinski definition) is 1. The first-order chi connectivity index (χ1) is 12.7. The summed E-state index contributed by atoms with van der Waals surface area (Å²) in [6.07, 6.45) is 23.8. The van der Waals surface area contributed by atoms with Crippen LogP contribution in [0.1, 0.15) is 97.3 Å². The Hall–Kier alpha value is -0.300. The Kier molecular flexibility index (Phi) is 8.56. The maximum Gasteiger partial charge on any atom is -0.00462 e. The topological polar surface area (TPSA) is 12.0 Å². The Morgan fingerprint density at radius 2 is 1.04 bits per heavy atom. The number of piperidine rings is 1. The van der Waals surface area contributed by atoms with Crippen molar-refractivity contribution in [2.75, 3.05) is 13.1 Å². The summed E-state index contributed by atoms with van der Waals surface area (Å²) >= 11 is 0. The van der Waals surface area contributed by atoms with Gasteiger partial charge in [-0.05, 0) is 119 Å². The Balaban J connectivity index is 0.000000236. The van der Waals surface area contributed by atoms with Crippen LogP contribution >= 0.6 is 0 Å². The molecule has 1 nitrogen and oxygen atoms in total. The van der Waals surface area contributed by atoms with Gasteiger partial charge < -0.3 is 5.32 Å². The predicted octanol–water partition coefficient (Wildman–Crippen LogP) is 6.98. The lowest BCUT2D eigenvalue weighted by molar-refractivity contribution is 0.117. The van der Waals surface area contributed by atoms with Crippen molar-refractivity contribution in [1.82, 2.24) is 5.32 Å². The van der Waals surface area contributed by atoms with E-state index in [0.717, 1.165) is 35.5 Å². The van der Waals surface area contributed by atoms with Crippen LogP contribution in [0.15, 0.2) is 12.2 Å². The van der Waals surface area contributed by atoms with Gasteiger partial charge in [0.1, 0.15) is 0 Å². The third-order valence-corrected chi connectivity index (χ3v) is 8.13. The van der Waals surface area contributed by atoms with Gasteiger partial charge in [-0.15, -0.1) is 0 Å². The second-order valence-electron chi connectivity index (χ2n) is 10.2. The highest BCUT2D eigenvalue weighted by Gasteiger charge is 2.32. The molecule has 4 aliphatic rings. The fourth-order valence-corrected chi connectivity index (χ4v) is 6.11. The second-order valence-corrected chi connectivity index (χ2v) is 10.2. The van der Waals surface area contributed by atoms with Gasteiger partial charge in [-0.3, -0.25) is 0 Å². The van der Waals surface area contributed by atoms with Gasteiger partial charge in [-0.2, -0.15) is 0 Å². The van der Waals surface area contributed by atoms with Crippen LogP contribution in [0.25, 0.3) is 0 Å². The normalized spacial score (nSPS) is 39.1. The number of nitrogens with one attached hydrogen (secondary N) is 1. The van der Waals surface area contributed by atoms with Crippen LogP contribution in [0, 0.1) is 35.5 Å². The molecule has 1 heterocycles. The molecule has 0 spiro atoms. The molecule has 3 aliphatic carbocycles. The van der Waals surface area contributed by atoms with Gasteiger partial charge in [0.25, 0.3) is 0 Å². The lowest BCUT2D eigenvalue weighted by Gasteiger charge is -2.40. The van der Waals surface area contributed by atoms with Gasteiger partial charge in [0.05, 0.1) is 0 Å². The molecule has 150 valence electrons. The summed E-state index contributed by atoms with van der Waals surface area (Å²) < 4.78 is 0. The van der Waals surface area contributed by atoms with E-state index in [1.807, 2.05) is 0 Å². The average molecular weight is 360 g/mol. The first-order valence-electron chi connectivity index (χ1n) is 12.1. The predicted molar refractivity (Wildman–Crippen MR) is 114 cm³/mol. The van der Waals surface area contributed by atoms with E-state index in [1.54, 1.807) is 38.5 Å².